The van der Waals surface area contributed by atoms with Gasteiger partial charge in [-0.25, -0.2) is 0 Å². The summed E-state index contributed by atoms with van der Waals surface area (Å²) in [5.41, 5.74) is 0.996. The van der Waals surface area contributed by atoms with Crippen molar-refractivity contribution in [3.8, 4) is 5.75 Å². The van der Waals surface area contributed by atoms with E-state index in [1.165, 1.54) is 0 Å². The van der Waals surface area contributed by atoms with Crippen LogP contribution in [0.1, 0.15) is 58.1 Å². The Morgan fingerprint density at radius 3 is 2.43 bits per heavy atom. The summed E-state index contributed by atoms with van der Waals surface area (Å²) < 4.78 is 5.99. The standard InChI is InChI=1S/C19H30N2O2/c1-4-6-16(7-5-2)19(22)21-12-10-17(11-13-21)23-18-9-8-15(3)20-14-18/h8-9,14,16-17H,4-7,10-13H2,1-3H3. The normalized spacial score (nSPS) is 15.9. The summed E-state index contributed by atoms with van der Waals surface area (Å²) in [7, 11) is 0. The van der Waals surface area contributed by atoms with Gasteiger partial charge in [-0.05, 0) is 31.9 Å². The fraction of sp³-hybridized carbons (Fsp3) is 0.684. The molecule has 4 nitrogen and oxygen atoms in total. The van der Waals surface area contributed by atoms with E-state index in [1.807, 2.05) is 24.0 Å². The number of carbonyl (C=O) groups is 1. The van der Waals surface area contributed by atoms with Gasteiger partial charge < -0.3 is 9.64 Å². The number of amides is 1. The molecule has 2 rings (SSSR count). The first-order valence-electron chi connectivity index (χ1n) is 9.02. The molecule has 0 radical (unpaired) electrons. The second-order valence-corrected chi connectivity index (χ2v) is 6.55. The van der Waals surface area contributed by atoms with Crippen molar-refractivity contribution in [2.45, 2.75) is 65.4 Å². The number of aromatic nitrogens is 1. The van der Waals surface area contributed by atoms with Crippen LogP contribution in [-0.2, 0) is 4.79 Å². The highest BCUT2D eigenvalue weighted by Gasteiger charge is 2.28. The molecule has 1 aliphatic rings. The van der Waals surface area contributed by atoms with Gasteiger partial charge in [-0.1, -0.05) is 26.7 Å². The number of ether oxygens (including phenoxy) is 1. The van der Waals surface area contributed by atoms with E-state index in [0.29, 0.717) is 5.91 Å². The maximum Gasteiger partial charge on any atom is 0.225 e. The number of hydrogen-bond acceptors (Lipinski definition) is 3. The van der Waals surface area contributed by atoms with Crippen molar-refractivity contribution >= 4 is 5.91 Å². The zero-order valence-electron chi connectivity index (χ0n) is 14.8. The summed E-state index contributed by atoms with van der Waals surface area (Å²) in [6, 6.07) is 3.94. The van der Waals surface area contributed by atoms with Gasteiger partial charge in [0.1, 0.15) is 11.9 Å². The Morgan fingerprint density at radius 1 is 1.26 bits per heavy atom. The van der Waals surface area contributed by atoms with Crippen LogP contribution in [0, 0.1) is 12.8 Å². The zero-order chi connectivity index (χ0) is 16.7. The number of rotatable bonds is 7. The predicted octanol–water partition coefficient (Wildman–Crippen LogP) is 3.98. The molecule has 0 atom stereocenters. The first kappa shape index (κ1) is 17.8. The van der Waals surface area contributed by atoms with Crippen LogP contribution in [0.4, 0.5) is 0 Å². The molecule has 1 aromatic heterocycles. The summed E-state index contributed by atoms with van der Waals surface area (Å²) in [6.45, 7) is 7.91. The third-order valence-corrected chi connectivity index (χ3v) is 4.56. The molecular weight excluding hydrogens is 288 g/mol. The van der Waals surface area contributed by atoms with E-state index in [9.17, 15) is 4.79 Å². The van der Waals surface area contributed by atoms with Crippen LogP contribution in [0.15, 0.2) is 18.3 Å². The smallest absolute Gasteiger partial charge is 0.225 e. The molecule has 4 heteroatoms. The van der Waals surface area contributed by atoms with E-state index in [4.69, 9.17) is 4.74 Å². The van der Waals surface area contributed by atoms with E-state index < -0.39 is 0 Å². The molecule has 2 heterocycles. The Labute approximate surface area is 140 Å². The summed E-state index contributed by atoms with van der Waals surface area (Å²) in [5, 5.41) is 0. The van der Waals surface area contributed by atoms with Crippen LogP contribution < -0.4 is 4.74 Å². The maximum atomic E-state index is 12.7. The van der Waals surface area contributed by atoms with Crippen LogP contribution >= 0.6 is 0 Å². The molecule has 0 bridgehead atoms. The summed E-state index contributed by atoms with van der Waals surface area (Å²) >= 11 is 0. The van der Waals surface area contributed by atoms with Crippen molar-refractivity contribution in [3.05, 3.63) is 24.0 Å². The lowest BCUT2D eigenvalue weighted by Gasteiger charge is -2.34. The number of hydrogen-bond donors (Lipinski definition) is 0. The Kier molecular flexibility index (Phi) is 6.87. The van der Waals surface area contributed by atoms with Crippen molar-refractivity contribution in [2.24, 2.45) is 5.92 Å². The molecule has 1 saturated heterocycles. The molecule has 23 heavy (non-hydrogen) atoms. The van der Waals surface area contributed by atoms with Gasteiger partial charge in [0, 0.05) is 37.5 Å². The molecule has 0 spiro atoms. The highest BCUT2D eigenvalue weighted by atomic mass is 16.5. The summed E-state index contributed by atoms with van der Waals surface area (Å²) in [4.78, 5) is 19.0. The first-order valence-corrected chi connectivity index (χ1v) is 9.02. The molecule has 1 fully saturated rings. The lowest BCUT2D eigenvalue weighted by atomic mass is 9.95. The minimum absolute atomic E-state index is 0.194. The van der Waals surface area contributed by atoms with Crippen molar-refractivity contribution < 1.29 is 9.53 Å². The minimum atomic E-state index is 0.194. The van der Waals surface area contributed by atoms with E-state index >= 15 is 0 Å². The second-order valence-electron chi connectivity index (χ2n) is 6.55. The molecule has 0 aliphatic carbocycles. The van der Waals surface area contributed by atoms with Crippen molar-refractivity contribution in [1.82, 2.24) is 9.88 Å². The molecule has 128 valence electrons. The average Bonchev–Trinajstić information content (AvgIpc) is 2.57. The van der Waals surface area contributed by atoms with Crippen LogP contribution in [0.25, 0.3) is 0 Å². The van der Waals surface area contributed by atoms with Gasteiger partial charge >= 0.3 is 0 Å². The maximum absolute atomic E-state index is 12.7. The Balaban J connectivity index is 1.82. The van der Waals surface area contributed by atoms with Crippen LogP contribution in [0.5, 0.6) is 5.75 Å². The first-order chi connectivity index (χ1) is 11.1. The van der Waals surface area contributed by atoms with Crippen LogP contribution in [-0.4, -0.2) is 35.0 Å². The van der Waals surface area contributed by atoms with Gasteiger partial charge in [0.2, 0.25) is 5.91 Å². The van der Waals surface area contributed by atoms with Crippen molar-refractivity contribution in [3.63, 3.8) is 0 Å². The number of likely N-dealkylation sites (tertiary alicyclic amines) is 1. The monoisotopic (exact) mass is 318 g/mol. The fourth-order valence-electron chi connectivity index (χ4n) is 3.26. The van der Waals surface area contributed by atoms with Crippen molar-refractivity contribution in [1.29, 1.82) is 0 Å². The minimum Gasteiger partial charge on any atom is -0.489 e. The molecular formula is C19H30N2O2. The quantitative estimate of drug-likeness (QED) is 0.764. The molecule has 0 aromatic carbocycles. The SMILES string of the molecule is CCCC(CCC)C(=O)N1CCC(Oc2ccc(C)nc2)CC1. The Hall–Kier alpha value is -1.58. The Morgan fingerprint density at radius 2 is 1.91 bits per heavy atom. The summed E-state index contributed by atoms with van der Waals surface area (Å²) in [6.07, 6.45) is 7.98. The topological polar surface area (TPSA) is 42.4 Å². The van der Waals surface area contributed by atoms with Gasteiger partial charge in [0.15, 0.2) is 0 Å². The molecule has 0 unspecified atom stereocenters. The zero-order valence-corrected chi connectivity index (χ0v) is 14.8. The highest BCUT2D eigenvalue weighted by molar-refractivity contribution is 5.78. The van der Waals surface area contributed by atoms with E-state index in [1.54, 1.807) is 6.20 Å². The number of pyridine rings is 1. The third-order valence-electron chi connectivity index (χ3n) is 4.56. The molecule has 1 aliphatic heterocycles. The fourth-order valence-corrected chi connectivity index (χ4v) is 3.26. The van der Waals surface area contributed by atoms with Gasteiger partial charge in [0.05, 0.1) is 6.20 Å². The molecule has 0 N–H and O–H groups in total. The van der Waals surface area contributed by atoms with Gasteiger partial charge in [-0.15, -0.1) is 0 Å². The summed E-state index contributed by atoms with van der Waals surface area (Å²) in [5.74, 6) is 1.39. The van der Waals surface area contributed by atoms with E-state index in [-0.39, 0.29) is 12.0 Å². The third kappa shape index (κ3) is 5.22. The number of nitrogens with zero attached hydrogens (tertiary/aromatic N) is 2. The van der Waals surface area contributed by atoms with Gasteiger partial charge in [-0.3, -0.25) is 9.78 Å². The lowest BCUT2D eigenvalue weighted by Crippen LogP contribution is -2.44. The molecule has 0 saturated carbocycles. The Bertz CT molecular complexity index is 473. The van der Waals surface area contributed by atoms with Gasteiger partial charge in [0.25, 0.3) is 0 Å². The van der Waals surface area contributed by atoms with Gasteiger partial charge in [-0.2, -0.15) is 0 Å². The number of carbonyl (C=O) groups excluding carboxylic acids is 1. The van der Waals surface area contributed by atoms with Crippen molar-refractivity contribution in [2.75, 3.05) is 13.1 Å². The molecule has 1 amide bonds. The largest absolute Gasteiger partial charge is 0.489 e. The van der Waals surface area contributed by atoms with Crippen LogP contribution in [0.3, 0.4) is 0 Å². The highest BCUT2D eigenvalue weighted by Crippen LogP contribution is 2.22. The molecule has 1 aromatic rings. The average molecular weight is 318 g/mol. The second kappa shape index (κ2) is 8.90. The lowest BCUT2D eigenvalue weighted by molar-refractivity contribution is -0.137. The van der Waals surface area contributed by atoms with Crippen LogP contribution in [0.2, 0.25) is 0 Å². The number of aryl methyl sites for hydroxylation is 1. The van der Waals surface area contributed by atoms with E-state index in [0.717, 1.165) is 63.1 Å². The number of piperidine rings is 1. The van der Waals surface area contributed by atoms with E-state index in [2.05, 4.69) is 18.8 Å². The predicted molar refractivity (Wildman–Crippen MR) is 92.5 cm³/mol.